The zero-order valence-corrected chi connectivity index (χ0v) is 10.8. The van der Waals surface area contributed by atoms with Crippen molar-refractivity contribution in [1.82, 2.24) is 15.6 Å². The van der Waals surface area contributed by atoms with Crippen LogP contribution in [0, 0.1) is 0 Å². The van der Waals surface area contributed by atoms with Crippen molar-refractivity contribution in [2.24, 2.45) is 0 Å². The van der Waals surface area contributed by atoms with Gasteiger partial charge in [-0.1, -0.05) is 6.07 Å². The van der Waals surface area contributed by atoms with Gasteiger partial charge in [-0.15, -0.1) is 0 Å². The summed E-state index contributed by atoms with van der Waals surface area (Å²) in [5.74, 6) is 0.0564. The lowest BCUT2D eigenvalue weighted by molar-refractivity contribution is -0.121. The molecule has 0 spiro atoms. The van der Waals surface area contributed by atoms with Crippen molar-refractivity contribution >= 4 is 5.91 Å². The van der Waals surface area contributed by atoms with Crippen molar-refractivity contribution in [3.8, 4) is 0 Å². The van der Waals surface area contributed by atoms with Crippen LogP contribution in [0.15, 0.2) is 24.5 Å². The number of methoxy groups -OCH3 is 1. The molecule has 1 aromatic heterocycles. The molecule has 0 aromatic carbocycles. The summed E-state index contributed by atoms with van der Waals surface area (Å²) in [7, 11) is 1.62. The standard InChI is InChI=1S/C13H21N3O2/c1-18-10-9-16-13(17)5-8-14-7-4-12-3-2-6-15-11-12/h2-3,6,11,14H,4-5,7-10H2,1H3,(H,16,17). The molecular weight excluding hydrogens is 230 g/mol. The Hall–Kier alpha value is -1.46. The lowest BCUT2D eigenvalue weighted by atomic mass is 10.2. The highest BCUT2D eigenvalue weighted by atomic mass is 16.5. The van der Waals surface area contributed by atoms with Gasteiger partial charge in [-0.25, -0.2) is 0 Å². The van der Waals surface area contributed by atoms with Crippen molar-refractivity contribution < 1.29 is 9.53 Å². The van der Waals surface area contributed by atoms with E-state index in [9.17, 15) is 4.79 Å². The van der Waals surface area contributed by atoms with Gasteiger partial charge in [-0.05, 0) is 24.6 Å². The molecule has 1 aromatic rings. The molecule has 0 aliphatic carbocycles. The second kappa shape index (κ2) is 9.56. The Morgan fingerprint density at radius 1 is 1.39 bits per heavy atom. The van der Waals surface area contributed by atoms with Crippen LogP contribution in [0.5, 0.6) is 0 Å². The Bertz CT molecular complexity index is 330. The van der Waals surface area contributed by atoms with E-state index in [-0.39, 0.29) is 5.91 Å². The van der Waals surface area contributed by atoms with Gasteiger partial charge in [0.1, 0.15) is 0 Å². The first-order valence-electron chi connectivity index (χ1n) is 6.18. The number of nitrogens with zero attached hydrogens (tertiary/aromatic N) is 1. The third-order valence-electron chi connectivity index (χ3n) is 2.47. The second-order valence-electron chi connectivity index (χ2n) is 3.95. The Balaban J connectivity index is 1.97. The average molecular weight is 251 g/mol. The number of carbonyl (C=O) groups excluding carboxylic acids is 1. The molecule has 0 aliphatic heterocycles. The first-order chi connectivity index (χ1) is 8.83. The monoisotopic (exact) mass is 251 g/mol. The molecule has 5 nitrogen and oxygen atoms in total. The van der Waals surface area contributed by atoms with Crippen LogP contribution >= 0.6 is 0 Å². The van der Waals surface area contributed by atoms with Crippen LogP contribution in [-0.2, 0) is 16.0 Å². The zero-order chi connectivity index (χ0) is 13.1. The molecule has 1 heterocycles. The third-order valence-corrected chi connectivity index (χ3v) is 2.47. The van der Waals surface area contributed by atoms with Crippen LogP contribution in [0.25, 0.3) is 0 Å². The van der Waals surface area contributed by atoms with Crippen LogP contribution in [0.3, 0.4) is 0 Å². The van der Waals surface area contributed by atoms with E-state index >= 15 is 0 Å². The number of hydrogen-bond acceptors (Lipinski definition) is 4. The van der Waals surface area contributed by atoms with Crippen LogP contribution < -0.4 is 10.6 Å². The predicted octanol–water partition coefficient (Wildman–Crippen LogP) is 0.366. The summed E-state index contributed by atoms with van der Waals surface area (Å²) in [4.78, 5) is 15.4. The molecule has 0 bridgehead atoms. The molecular formula is C13H21N3O2. The second-order valence-corrected chi connectivity index (χ2v) is 3.95. The minimum atomic E-state index is 0.0564. The largest absolute Gasteiger partial charge is 0.383 e. The fraction of sp³-hybridized carbons (Fsp3) is 0.538. The summed E-state index contributed by atoms with van der Waals surface area (Å²) in [5, 5.41) is 6.01. The quantitative estimate of drug-likeness (QED) is 0.622. The number of rotatable bonds is 9. The minimum absolute atomic E-state index is 0.0564. The fourth-order valence-corrected chi connectivity index (χ4v) is 1.49. The summed E-state index contributed by atoms with van der Waals surface area (Å²) in [6.07, 6.45) is 5.05. The van der Waals surface area contributed by atoms with Crippen LogP contribution in [-0.4, -0.2) is 44.2 Å². The van der Waals surface area contributed by atoms with Crippen molar-refractivity contribution in [3.05, 3.63) is 30.1 Å². The van der Waals surface area contributed by atoms with Gasteiger partial charge in [-0.2, -0.15) is 0 Å². The van der Waals surface area contributed by atoms with Gasteiger partial charge in [0, 0.05) is 39.0 Å². The van der Waals surface area contributed by atoms with Crippen molar-refractivity contribution in [1.29, 1.82) is 0 Å². The van der Waals surface area contributed by atoms with Crippen molar-refractivity contribution in [2.75, 3.05) is 33.4 Å². The Kier molecular flexibility index (Phi) is 7.75. The Labute approximate surface area is 108 Å². The Morgan fingerprint density at radius 3 is 3.00 bits per heavy atom. The normalized spacial score (nSPS) is 10.3. The molecule has 18 heavy (non-hydrogen) atoms. The van der Waals surface area contributed by atoms with Crippen LogP contribution in [0.1, 0.15) is 12.0 Å². The van der Waals surface area contributed by atoms with Crippen LogP contribution in [0.4, 0.5) is 0 Å². The van der Waals surface area contributed by atoms with Crippen LogP contribution in [0.2, 0.25) is 0 Å². The van der Waals surface area contributed by atoms with Gasteiger partial charge < -0.3 is 15.4 Å². The Morgan fingerprint density at radius 2 is 2.28 bits per heavy atom. The van der Waals surface area contributed by atoms with E-state index in [0.29, 0.717) is 26.1 Å². The number of pyridine rings is 1. The first kappa shape index (κ1) is 14.6. The smallest absolute Gasteiger partial charge is 0.221 e. The fourth-order valence-electron chi connectivity index (χ4n) is 1.49. The van der Waals surface area contributed by atoms with Crippen molar-refractivity contribution in [3.63, 3.8) is 0 Å². The van der Waals surface area contributed by atoms with E-state index in [1.54, 1.807) is 13.3 Å². The molecule has 0 aliphatic rings. The number of carbonyl (C=O) groups is 1. The van der Waals surface area contributed by atoms with Crippen molar-refractivity contribution in [2.45, 2.75) is 12.8 Å². The molecule has 100 valence electrons. The summed E-state index contributed by atoms with van der Waals surface area (Å²) in [5.41, 5.74) is 1.20. The molecule has 0 radical (unpaired) electrons. The molecule has 1 amide bonds. The molecule has 2 N–H and O–H groups in total. The number of hydrogen-bond donors (Lipinski definition) is 2. The van der Waals surface area contributed by atoms with Gasteiger partial charge in [0.25, 0.3) is 0 Å². The topological polar surface area (TPSA) is 63.2 Å². The third kappa shape index (κ3) is 6.98. The van der Waals surface area contributed by atoms with E-state index in [0.717, 1.165) is 13.0 Å². The molecule has 0 unspecified atom stereocenters. The van der Waals surface area contributed by atoms with Gasteiger partial charge in [0.15, 0.2) is 0 Å². The number of ether oxygens (including phenoxy) is 1. The summed E-state index contributed by atoms with van der Waals surface area (Å²) in [6, 6.07) is 3.98. The van der Waals surface area contributed by atoms with E-state index in [1.807, 2.05) is 18.3 Å². The molecule has 5 heteroatoms. The first-order valence-corrected chi connectivity index (χ1v) is 6.18. The average Bonchev–Trinajstić information content (AvgIpc) is 2.40. The summed E-state index contributed by atoms with van der Waals surface area (Å²) < 4.78 is 4.85. The number of nitrogens with one attached hydrogen (secondary N) is 2. The maximum absolute atomic E-state index is 11.3. The highest BCUT2D eigenvalue weighted by Gasteiger charge is 1.99. The van der Waals surface area contributed by atoms with Gasteiger partial charge in [-0.3, -0.25) is 9.78 Å². The minimum Gasteiger partial charge on any atom is -0.383 e. The molecule has 0 saturated carbocycles. The lowest BCUT2D eigenvalue weighted by Gasteiger charge is -2.06. The van der Waals surface area contributed by atoms with Gasteiger partial charge in [0.2, 0.25) is 5.91 Å². The lowest BCUT2D eigenvalue weighted by Crippen LogP contribution is -2.30. The number of aromatic nitrogens is 1. The van der Waals surface area contributed by atoms with Gasteiger partial charge in [0.05, 0.1) is 6.61 Å². The van der Waals surface area contributed by atoms with E-state index in [4.69, 9.17) is 4.74 Å². The molecule has 1 rings (SSSR count). The molecule has 0 saturated heterocycles. The maximum Gasteiger partial charge on any atom is 0.221 e. The van der Waals surface area contributed by atoms with E-state index in [2.05, 4.69) is 15.6 Å². The maximum atomic E-state index is 11.3. The van der Waals surface area contributed by atoms with Gasteiger partial charge >= 0.3 is 0 Å². The number of amides is 1. The SMILES string of the molecule is COCCNC(=O)CCNCCc1cccnc1. The van der Waals surface area contributed by atoms with E-state index < -0.39 is 0 Å². The highest BCUT2D eigenvalue weighted by molar-refractivity contribution is 5.75. The highest BCUT2D eigenvalue weighted by Crippen LogP contribution is 1.95. The molecule has 0 fully saturated rings. The summed E-state index contributed by atoms with van der Waals surface area (Å²) >= 11 is 0. The van der Waals surface area contributed by atoms with E-state index in [1.165, 1.54) is 5.56 Å². The summed E-state index contributed by atoms with van der Waals surface area (Å²) in [6.45, 7) is 2.68. The molecule has 0 atom stereocenters. The predicted molar refractivity (Wildman–Crippen MR) is 70.3 cm³/mol. The zero-order valence-electron chi connectivity index (χ0n) is 10.8.